The zero-order chi connectivity index (χ0) is 22.9. The minimum atomic E-state index is -0.119. The summed E-state index contributed by atoms with van der Waals surface area (Å²) in [5, 5.41) is 6.56. The number of pyridine rings is 2. The summed E-state index contributed by atoms with van der Waals surface area (Å²) in [6, 6.07) is 16.6. The standard InChI is InChI=1S/C25H31N5O3/c1-32-21-12-11-19(17-22(21)33-16-6-15-30-13-2-3-14-30)27-24-9-5-8-23(29-24)26-18-20-7-4-10-25(31)28-20/h4-5,7-12,17H,2-3,6,13-16,18H2,1H3,(H,28,31)(H2,26,27,29). The van der Waals surface area contributed by atoms with Crippen molar-refractivity contribution < 1.29 is 9.47 Å². The number of benzene rings is 1. The number of methoxy groups -OCH3 is 1. The maximum atomic E-state index is 11.4. The van der Waals surface area contributed by atoms with Gasteiger partial charge >= 0.3 is 0 Å². The topological polar surface area (TPSA) is 91.5 Å². The highest BCUT2D eigenvalue weighted by molar-refractivity contribution is 5.62. The fourth-order valence-corrected chi connectivity index (χ4v) is 3.88. The summed E-state index contributed by atoms with van der Waals surface area (Å²) in [7, 11) is 1.65. The minimum Gasteiger partial charge on any atom is -0.493 e. The molecule has 8 nitrogen and oxygen atoms in total. The maximum Gasteiger partial charge on any atom is 0.248 e. The van der Waals surface area contributed by atoms with Crippen LogP contribution in [0.5, 0.6) is 11.5 Å². The largest absolute Gasteiger partial charge is 0.493 e. The summed E-state index contributed by atoms with van der Waals surface area (Å²) in [5.74, 6) is 2.83. The second-order valence-corrected chi connectivity index (χ2v) is 8.04. The first-order valence-corrected chi connectivity index (χ1v) is 11.4. The number of nitrogens with one attached hydrogen (secondary N) is 3. The number of H-pyrrole nitrogens is 1. The van der Waals surface area contributed by atoms with Crippen LogP contribution < -0.4 is 25.7 Å². The van der Waals surface area contributed by atoms with Crippen LogP contribution in [-0.4, -0.2) is 48.2 Å². The summed E-state index contributed by atoms with van der Waals surface area (Å²) in [4.78, 5) is 21.3. The zero-order valence-corrected chi connectivity index (χ0v) is 19.0. The lowest BCUT2D eigenvalue weighted by molar-refractivity contribution is 0.254. The average molecular weight is 450 g/mol. The Hall–Kier alpha value is -3.52. The van der Waals surface area contributed by atoms with E-state index < -0.39 is 0 Å². The SMILES string of the molecule is COc1ccc(Nc2cccc(NCc3cccc(=O)[nH]3)n2)cc1OCCCN1CCCC1. The molecule has 0 unspecified atom stereocenters. The van der Waals surface area contributed by atoms with Crippen molar-refractivity contribution in [3.8, 4) is 11.5 Å². The van der Waals surface area contributed by atoms with Crippen molar-refractivity contribution in [3.63, 3.8) is 0 Å². The van der Waals surface area contributed by atoms with E-state index in [2.05, 4.69) is 25.5 Å². The van der Waals surface area contributed by atoms with Crippen LogP contribution in [0, 0.1) is 0 Å². The van der Waals surface area contributed by atoms with E-state index in [-0.39, 0.29) is 5.56 Å². The van der Waals surface area contributed by atoms with Crippen LogP contribution in [-0.2, 0) is 6.54 Å². The van der Waals surface area contributed by atoms with Crippen LogP contribution >= 0.6 is 0 Å². The predicted octanol–water partition coefficient (Wildman–Crippen LogP) is 4.00. The van der Waals surface area contributed by atoms with E-state index in [1.165, 1.54) is 32.0 Å². The van der Waals surface area contributed by atoms with Gasteiger partial charge in [-0.05, 0) is 62.7 Å². The molecule has 3 heterocycles. The second kappa shape index (κ2) is 11.4. The van der Waals surface area contributed by atoms with Crippen molar-refractivity contribution in [2.45, 2.75) is 25.8 Å². The van der Waals surface area contributed by atoms with Crippen LogP contribution in [0.25, 0.3) is 0 Å². The van der Waals surface area contributed by atoms with Gasteiger partial charge in [0.2, 0.25) is 5.56 Å². The highest BCUT2D eigenvalue weighted by Crippen LogP contribution is 2.31. The number of nitrogens with zero attached hydrogens (tertiary/aromatic N) is 2. The third-order valence-corrected chi connectivity index (χ3v) is 5.55. The molecule has 0 saturated carbocycles. The van der Waals surface area contributed by atoms with Crippen LogP contribution in [0.3, 0.4) is 0 Å². The summed E-state index contributed by atoms with van der Waals surface area (Å²) in [5.41, 5.74) is 1.54. The highest BCUT2D eigenvalue weighted by Gasteiger charge is 2.11. The number of rotatable bonds is 11. The van der Waals surface area contributed by atoms with Gasteiger partial charge in [-0.1, -0.05) is 12.1 Å². The Labute approximate surface area is 194 Å². The van der Waals surface area contributed by atoms with E-state index in [9.17, 15) is 4.79 Å². The molecule has 33 heavy (non-hydrogen) atoms. The van der Waals surface area contributed by atoms with E-state index in [1.807, 2.05) is 42.5 Å². The van der Waals surface area contributed by atoms with Crippen molar-refractivity contribution in [2.24, 2.45) is 0 Å². The van der Waals surface area contributed by atoms with Gasteiger partial charge in [-0.2, -0.15) is 0 Å². The summed E-state index contributed by atoms with van der Waals surface area (Å²) in [6.45, 7) is 4.60. The number of aromatic amines is 1. The monoisotopic (exact) mass is 449 g/mol. The molecule has 8 heteroatoms. The minimum absolute atomic E-state index is 0.119. The van der Waals surface area contributed by atoms with Crippen molar-refractivity contribution >= 4 is 17.3 Å². The average Bonchev–Trinajstić information content (AvgIpc) is 3.35. The molecule has 1 aliphatic rings. The number of hydrogen-bond acceptors (Lipinski definition) is 7. The summed E-state index contributed by atoms with van der Waals surface area (Å²) >= 11 is 0. The summed E-state index contributed by atoms with van der Waals surface area (Å²) in [6.07, 6.45) is 3.60. The van der Waals surface area contributed by atoms with Gasteiger partial charge in [0.1, 0.15) is 11.6 Å². The molecule has 4 rings (SSSR count). The van der Waals surface area contributed by atoms with Crippen molar-refractivity contribution in [2.75, 3.05) is 44.0 Å². The molecule has 1 aliphatic heterocycles. The lowest BCUT2D eigenvalue weighted by Crippen LogP contribution is -2.21. The molecule has 0 aliphatic carbocycles. The smallest absolute Gasteiger partial charge is 0.248 e. The number of aromatic nitrogens is 2. The van der Waals surface area contributed by atoms with Gasteiger partial charge < -0.3 is 30.0 Å². The third-order valence-electron chi connectivity index (χ3n) is 5.55. The molecule has 0 amide bonds. The number of ether oxygens (including phenoxy) is 2. The first-order chi connectivity index (χ1) is 16.2. The van der Waals surface area contributed by atoms with Gasteiger partial charge in [-0.3, -0.25) is 4.79 Å². The molecule has 0 spiro atoms. The molecule has 1 aromatic carbocycles. The van der Waals surface area contributed by atoms with E-state index >= 15 is 0 Å². The fourth-order valence-electron chi connectivity index (χ4n) is 3.88. The van der Waals surface area contributed by atoms with Crippen LogP contribution in [0.2, 0.25) is 0 Å². The lowest BCUT2D eigenvalue weighted by atomic mass is 10.2. The first-order valence-electron chi connectivity index (χ1n) is 11.4. The number of hydrogen-bond donors (Lipinski definition) is 3. The predicted molar refractivity (Wildman–Crippen MR) is 131 cm³/mol. The molecule has 1 fully saturated rings. The molecular formula is C25H31N5O3. The van der Waals surface area contributed by atoms with Crippen molar-refractivity contribution in [3.05, 3.63) is 70.6 Å². The molecule has 1 saturated heterocycles. The second-order valence-electron chi connectivity index (χ2n) is 8.04. The lowest BCUT2D eigenvalue weighted by Gasteiger charge is -2.16. The van der Waals surface area contributed by atoms with Gasteiger partial charge in [0.15, 0.2) is 11.5 Å². The maximum absolute atomic E-state index is 11.4. The van der Waals surface area contributed by atoms with Gasteiger partial charge in [0.25, 0.3) is 0 Å². The Kier molecular flexibility index (Phi) is 7.81. The zero-order valence-electron chi connectivity index (χ0n) is 19.0. The van der Waals surface area contributed by atoms with Gasteiger partial charge in [0, 0.05) is 30.1 Å². The Balaban J connectivity index is 1.35. The van der Waals surface area contributed by atoms with E-state index in [0.717, 1.165) is 24.3 Å². The Morgan fingerprint density at radius 2 is 1.85 bits per heavy atom. The number of likely N-dealkylation sites (tertiary alicyclic amines) is 1. The first kappa shape index (κ1) is 22.7. The van der Waals surface area contributed by atoms with E-state index in [4.69, 9.17) is 9.47 Å². The van der Waals surface area contributed by atoms with E-state index in [1.54, 1.807) is 13.2 Å². The van der Waals surface area contributed by atoms with Crippen molar-refractivity contribution in [1.29, 1.82) is 0 Å². The molecule has 3 aromatic rings. The Morgan fingerprint density at radius 3 is 2.67 bits per heavy atom. The molecule has 0 bridgehead atoms. The van der Waals surface area contributed by atoms with Crippen LogP contribution in [0.15, 0.2) is 59.4 Å². The van der Waals surface area contributed by atoms with E-state index in [0.29, 0.717) is 36.3 Å². The van der Waals surface area contributed by atoms with Gasteiger partial charge in [0.05, 0.1) is 20.3 Å². The Morgan fingerprint density at radius 1 is 1.03 bits per heavy atom. The highest BCUT2D eigenvalue weighted by atomic mass is 16.5. The van der Waals surface area contributed by atoms with Crippen LogP contribution in [0.1, 0.15) is 25.0 Å². The summed E-state index contributed by atoms with van der Waals surface area (Å²) < 4.78 is 11.5. The molecule has 174 valence electrons. The van der Waals surface area contributed by atoms with Crippen molar-refractivity contribution in [1.82, 2.24) is 14.9 Å². The normalized spacial score (nSPS) is 13.6. The molecule has 2 aromatic heterocycles. The molecule has 0 radical (unpaired) electrons. The quantitative estimate of drug-likeness (QED) is 0.381. The molecule has 3 N–H and O–H groups in total. The fraction of sp³-hybridized carbons (Fsp3) is 0.360. The molecular weight excluding hydrogens is 418 g/mol. The molecule has 0 atom stereocenters. The van der Waals surface area contributed by atoms with Crippen LogP contribution in [0.4, 0.5) is 17.3 Å². The third kappa shape index (κ3) is 6.73. The van der Waals surface area contributed by atoms with Gasteiger partial charge in [-0.15, -0.1) is 0 Å². The van der Waals surface area contributed by atoms with Gasteiger partial charge in [-0.25, -0.2) is 4.98 Å². The number of anilines is 3. The Bertz CT molecular complexity index is 1100.